The molecule has 31 heavy (non-hydrogen) atoms. The lowest BCUT2D eigenvalue weighted by atomic mass is 9.97. The molecular formula is C23H29Cl2N3O3. The number of carbonyl (C=O) groups excluding carboxylic acids is 1. The Labute approximate surface area is 195 Å². The van der Waals surface area contributed by atoms with Crippen LogP contribution in [0.5, 0.6) is 11.5 Å². The Kier molecular flexibility index (Phi) is 8.03. The summed E-state index contributed by atoms with van der Waals surface area (Å²) < 4.78 is 10.9. The highest BCUT2D eigenvalue weighted by atomic mass is 35.5. The van der Waals surface area contributed by atoms with Crippen LogP contribution >= 0.6 is 24.8 Å². The van der Waals surface area contributed by atoms with E-state index in [4.69, 9.17) is 9.47 Å². The minimum Gasteiger partial charge on any atom is -0.454 e. The van der Waals surface area contributed by atoms with Gasteiger partial charge >= 0.3 is 0 Å². The molecule has 1 atom stereocenters. The van der Waals surface area contributed by atoms with Gasteiger partial charge in [-0.1, -0.05) is 6.07 Å². The Balaban J connectivity index is 0.00000136. The van der Waals surface area contributed by atoms with Crippen molar-refractivity contribution in [3.05, 3.63) is 53.3 Å². The van der Waals surface area contributed by atoms with Gasteiger partial charge < -0.3 is 19.3 Å². The number of aromatic nitrogens is 1. The van der Waals surface area contributed by atoms with Crippen molar-refractivity contribution in [1.29, 1.82) is 0 Å². The fourth-order valence-electron chi connectivity index (χ4n) is 4.78. The van der Waals surface area contributed by atoms with Crippen molar-refractivity contribution in [3.63, 3.8) is 0 Å². The average molecular weight is 466 g/mol. The fraction of sp³-hybridized carbons (Fsp3) is 0.478. The van der Waals surface area contributed by atoms with Gasteiger partial charge in [0.2, 0.25) is 6.79 Å². The predicted octanol–water partition coefficient (Wildman–Crippen LogP) is 3.95. The van der Waals surface area contributed by atoms with Crippen LogP contribution in [0.25, 0.3) is 0 Å². The van der Waals surface area contributed by atoms with E-state index in [0.717, 1.165) is 49.4 Å². The van der Waals surface area contributed by atoms with Gasteiger partial charge in [-0.25, -0.2) is 0 Å². The summed E-state index contributed by atoms with van der Waals surface area (Å²) in [5.41, 5.74) is 3.14. The first kappa shape index (κ1) is 23.6. The first-order valence-corrected chi connectivity index (χ1v) is 10.6. The molecule has 0 spiro atoms. The van der Waals surface area contributed by atoms with E-state index >= 15 is 0 Å². The van der Waals surface area contributed by atoms with E-state index < -0.39 is 0 Å². The van der Waals surface area contributed by atoms with Crippen molar-refractivity contribution in [3.8, 4) is 11.5 Å². The second kappa shape index (κ2) is 10.5. The van der Waals surface area contributed by atoms with Gasteiger partial charge in [-0.2, -0.15) is 0 Å². The highest BCUT2D eigenvalue weighted by Gasteiger charge is 2.33. The van der Waals surface area contributed by atoms with Gasteiger partial charge in [0.25, 0.3) is 5.91 Å². The number of nitrogens with zero attached hydrogens (tertiary/aromatic N) is 3. The third kappa shape index (κ3) is 5.25. The van der Waals surface area contributed by atoms with Crippen molar-refractivity contribution in [2.45, 2.75) is 32.2 Å². The lowest BCUT2D eigenvalue weighted by Gasteiger charge is -2.34. The summed E-state index contributed by atoms with van der Waals surface area (Å²) in [6, 6.07) is 7.98. The topological polar surface area (TPSA) is 54.9 Å². The number of benzene rings is 1. The monoisotopic (exact) mass is 465 g/mol. The van der Waals surface area contributed by atoms with E-state index in [0.29, 0.717) is 18.2 Å². The average Bonchev–Trinajstić information content (AvgIpc) is 3.32. The smallest absolute Gasteiger partial charge is 0.254 e. The molecule has 4 heterocycles. The Morgan fingerprint density at radius 3 is 2.81 bits per heavy atom. The molecule has 8 heteroatoms. The third-order valence-electron chi connectivity index (χ3n) is 6.22. The number of hydrogen-bond donors (Lipinski definition) is 0. The molecule has 0 bridgehead atoms. The Morgan fingerprint density at radius 2 is 2.00 bits per heavy atom. The normalized spacial score (nSPS) is 19.5. The molecule has 0 N–H and O–H groups in total. The van der Waals surface area contributed by atoms with Crippen LogP contribution in [0.2, 0.25) is 0 Å². The molecule has 3 aliphatic rings. The third-order valence-corrected chi connectivity index (χ3v) is 6.22. The summed E-state index contributed by atoms with van der Waals surface area (Å²) in [7, 11) is 0. The van der Waals surface area contributed by atoms with E-state index in [1.54, 1.807) is 0 Å². The van der Waals surface area contributed by atoms with Gasteiger partial charge in [-0.3, -0.25) is 9.78 Å². The summed E-state index contributed by atoms with van der Waals surface area (Å²) in [5, 5.41) is 0. The molecule has 1 unspecified atom stereocenters. The zero-order chi connectivity index (χ0) is 19.6. The molecule has 1 saturated heterocycles. The highest BCUT2D eigenvalue weighted by molar-refractivity contribution is 5.99. The minimum absolute atomic E-state index is 0. The SMILES string of the molecule is Cl.Cl.O=C1c2cc3c(cc2CN1CC1CCCN(CCCc2cccnc2)C1)OCO3. The van der Waals surface area contributed by atoms with E-state index in [-0.39, 0.29) is 37.5 Å². The maximum Gasteiger partial charge on any atom is 0.254 e. The van der Waals surface area contributed by atoms with Crippen LogP contribution in [0.15, 0.2) is 36.7 Å². The van der Waals surface area contributed by atoms with Crippen molar-refractivity contribution < 1.29 is 14.3 Å². The number of likely N-dealkylation sites (tertiary alicyclic amines) is 1. The second-order valence-corrected chi connectivity index (χ2v) is 8.32. The van der Waals surface area contributed by atoms with Gasteiger partial charge in [0, 0.05) is 37.6 Å². The van der Waals surface area contributed by atoms with Crippen LogP contribution in [0.3, 0.4) is 0 Å². The molecule has 2 aromatic rings. The minimum atomic E-state index is 0. The molecule has 1 aromatic heterocycles. The summed E-state index contributed by atoms with van der Waals surface area (Å²) in [4.78, 5) is 21.7. The van der Waals surface area contributed by atoms with Gasteiger partial charge in [-0.15, -0.1) is 24.8 Å². The Bertz CT molecular complexity index is 897. The summed E-state index contributed by atoms with van der Waals surface area (Å²) in [6.07, 6.45) is 8.41. The van der Waals surface area contributed by atoms with Crippen LogP contribution < -0.4 is 9.47 Å². The van der Waals surface area contributed by atoms with Gasteiger partial charge in [0.15, 0.2) is 11.5 Å². The lowest BCUT2D eigenvalue weighted by Crippen LogP contribution is -2.41. The predicted molar refractivity (Wildman–Crippen MR) is 124 cm³/mol. The van der Waals surface area contributed by atoms with Crippen molar-refractivity contribution in [2.75, 3.05) is 33.0 Å². The Morgan fingerprint density at radius 1 is 1.16 bits per heavy atom. The number of hydrogen-bond acceptors (Lipinski definition) is 5. The maximum atomic E-state index is 12.9. The standard InChI is InChI=1S/C23H27N3O3.2ClH/c27-23-20-11-22-21(28-16-29-22)10-19(20)15-26(23)14-18-6-3-9-25(13-18)8-2-5-17-4-1-7-24-12-17;;/h1,4,7,10-12,18H,2-3,5-6,8-9,13-16H2;2*1H. The first-order chi connectivity index (χ1) is 14.3. The molecule has 0 aliphatic carbocycles. The number of ether oxygens (including phenoxy) is 2. The van der Waals surface area contributed by atoms with E-state index in [2.05, 4.69) is 16.0 Å². The quantitative estimate of drug-likeness (QED) is 0.646. The molecule has 0 radical (unpaired) electrons. The van der Waals surface area contributed by atoms with Crippen molar-refractivity contribution >= 4 is 30.7 Å². The summed E-state index contributed by atoms with van der Waals surface area (Å²) >= 11 is 0. The van der Waals surface area contributed by atoms with Crippen molar-refractivity contribution in [1.82, 2.24) is 14.8 Å². The second-order valence-electron chi connectivity index (χ2n) is 8.32. The number of halogens is 2. The highest BCUT2D eigenvalue weighted by Crippen LogP contribution is 2.38. The van der Waals surface area contributed by atoms with Crippen molar-refractivity contribution in [2.24, 2.45) is 5.92 Å². The molecule has 1 aromatic carbocycles. The first-order valence-electron chi connectivity index (χ1n) is 10.6. The molecule has 1 fully saturated rings. The van der Waals surface area contributed by atoms with Gasteiger partial charge in [0.05, 0.1) is 0 Å². The largest absolute Gasteiger partial charge is 0.454 e. The number of carbonyl (C=O) groups is 1. The lowest BCUT2D eigenvalue weighted by molar-refractivity contribution is 0.0701. The number of fused-ring (bicyclic) bond motifs is 2. The molecule has 3 aliphatic heterocycles. The van der Waals surface area contributed by atoms with Crippen LogP contribution in [0.1, 0.15) is 40.7 Å². The summed E-state index contributed by atoms with van der Waals surface area (Å²) in [5.74, 6) is 2.12. The molecule has 5 rings (SSSR count). The van der Waals surface area contributed by atoms with E-state index in [1.165, 1.54) is 24.9 Å². The molecule has 6 nitrogen and oxygen atoms in total. The van der Waals surface area contributed by atoms with Crippen LogP contribution in [0.4, 0.5) is 0 Å². The van der Waals surface area contributed by atoms with E-state index in [9.17, 15) is 4.79 Å². The zero-order valence-electron chi connectivity index (χ0n) is 17.5. The van der Waals surface area contributed by atoms with Crippen LogP contribution in [-0.2, 0) is 13.0 Å². The van der Waals surface area contributed by atoms with Crippen LogP contribution in [-0.4, -0.2) is 53.7 Å². The van der Waals surface area contributed by atoms with Gasteiger partial charge in [-0.05, 0) is 74.0 Å². The number of piperidine rings is 1. The maximum absolute atomic E-state index is 12.9. The summed E-state index contributed by atoms with van der Waals surface area (Å²) in [6.45, 7) is 5.12. The number of pyridine rings is 1. The van der Waals surface area contributed by atoms with Gasteiger partial charge in [0.1, 0.15) is 0 Å². The fourth-order valence-corrected chi connectivity index (χ4v) is 4.78. The number of amides is 1. The molecule has 0 saturated carbocycles. The molecule has 1 amide bonds. The molecular weight excluding hydrogens is 437 g/mol. The molecule has 168 valence electrons. The number of aryl methyl sites for hydroxylation is 1. The number of rotatable bonds is 6. The van der Waals surface area contributed by atoms with Crippen LogP contribution in [0, 0.1) is 5.92 Å². The Hall–Kier alpha value is -2.02. The zero-order valence-corrected chi connectivity index (χ0v) is 19.1. The van der Waals surface area contributed by atoms with E-state index in [1.807, 2.05) is 35.5 Å².